The van der Waals surface area contributed by atoms with E-state index in [-0.39, 0.29) is 12.2 Å². The summed E-state index contributed by atoms with van der Waals surface area (Å²) in [6.07, 6.45) is 6.96. The van der Waals surface area contributed by atoms with Crippen LogP contribution in [0, 0.1) is 12.3 Å². The van der Waals surface area contributed by atoms with E-state index in [2.05, 4.69) is 16.6 Å². The molecule has 0 fully saturated rings. The zero-order valence-corrected chi connectivity index (χ0v) is 11.5. The van der Waals surface area contributed by atoms with Crippen LogP contribution < -0.4 is 10.6 Å². The molecule has 0 aliphatic rings. The maximum atomic E-state index is 11.4. The highest BCUT2D eigenvalue weighted by atomic mass is 32.2. The van der Waals surface area contributed by atoms with Crippen molar-refractivity contribution in [1.29, 1.82) is 0 Å². The van der Waals surface area contributed by atoms with Gasteiger partial charge in [0.05, 0.1) is 5.75 Å². The Labute approximate surface area is 112 Å². The van der Waals surface area contributed by atoms with E-state index in [9.17, 15) is 18.0 Å². The first-order valence-corrected chi connectivity index (χ1v) is 7.70. The van der Waals surface area contributed by atoms with Gasteiger partial charge in [0.1, 0.15) is 15.9 Å². The van der Waals surface area contributed by atoms with Crippen molar-refractivity contribution >= 4 is 21.8 Å². The van der Waals surface area contributed by atoms with E-state index in [1.807, 2.05) is 0 Å². The molecule has 0 radical (unpaired) electrons. The van der Waals surface area contributed by atoms with Gasteiger partial charge in [0, 0.05) is 19.2 Å². The molecule has 108 valence electrons. The Bertz CT molecular complexity index is 452. The summed E-state index contributed by atoms with van der Waals surface area (Å²) in [5.41, 5.74) is 0. The molecule has 0 aliphatic carbocycles. The number of rotatable bonds is 8. The SMILES string of the molecule is C#CCCCNC(=O)NC(CCS(C)(=O)=O)C(=O)O. The molecule has 3 N–H and O–H groups in total. The molecule has 0 spiro atoms. The largest absolute Gasteiger partial charge is 0.480 e. The second kappa shape index (κ2) is 8.37. The highest BCUT2D eigenvalue weighted by Gasteiger charge is 2.21. The van der Waals surface area contributed by atoms with Crippen LogP contribution in [0.2, 0.25) is 0 Å². The maximum absolute atomic E-state index is 11.4. The van der Waals surface area contributed by atoms with Crippen molar-refractivity contribution in [2.24, 2.45) is 0 Å². The van der Waals surface area contributed by atoms with E-state index in [4.69, 9.17) is 11.5 Å². The van der Waals surface area contributed by atoms with Gasteiger partial charge < -0.3 is 15.7 Å². The first kappa shape index (κ1) is 17.2. The third-order valence-electron chi connectivity index (χ3n) is 2.16. The van der Waals surface area contributed by atoms with Gasteiger partial charge in [0.15, 0.2) is 0 Å². The molecule has 0 heterocycles. The van der Waals surface area contributed by atoms with Crippen molar-refractivity contribution in [2.45, 2.75) is 25.3 Å². The van der Waals surface area contributed by atoms with Crippen LogP contribution in [0.3, 0.4) is 0 Å². The molecule has 1 atom stereocenters. The number of carbonyl (C=O) groups excluding carboxylic acids is 1. The highest BCUT2D eigenvalue weighted by Crippen LogP contribution is 1.97. The van der Waals surface area contributed by atoms with E-state index in [1.54, 1.807) is 0 Å². The highest BCUT2D eigenvalue weighted by molar-refractivity contribution is 7.90. The average molecular weight is 290 g/mol. The third kappa shape index (κ3) is 9.91. The van der Waals surface area contributed by atoms with Crippen molar-refractivity contribution in [2.75, 3.05) is 18.6 Å². The van der Waals surface area contributed by atoms with E-state index in [0.717, 1.165) is 6.26 Å². The summed E-state index contributed by atoms with van der Waals surface area (Å²) in [7, 11) is -3.27. The van der Waals surface area contributed by atoms with Gasteiger partial charge in [-0.3, -0.25) is 0 Å². The van der Waals surface area contributed by atoms with Crippen molar-refractivity contribution in [3.8, 4) is 12.3 Å². The molecule has 7 nitrogen and oxygen atoms in total. The molecule has 2 amide bonds. The predicted octanol–water partition coefficient (Wildman–Crippen LogP) is -0.413. The minimum Gasteiger partial charge on any atom is -0.480 e. The molecule has 0 rings (SSSR count). The summed E-state index contributed by atoms with van der Waals surface area (Å²) in [5, 5.41) is 13.5. The van der Waals surface area contributed by atoms with Gasteiger partial charge in [-0.05, 0) is 12.8 Å². The fourth-order valence-electron chi connectivity index (χ4n) is 1.19. The summed E-state index contributed by atoms with van der Waals surface area (Å²) >= 11 is 0. The lowest BCUT2D eigenvalue weighted by Gasteiger charge is -2.14. The van der Waals surface area contributed by atoms with Crippen LogP contribution in [0.4, 0.5) is 4.79 Å². The first-order valence-electron chi connectivity index (χ1n) is 5.64. The number of carboxylic acids is 1. The molecule has 0 aromatic heterocycles. The minimum absolute atomic E-state index is 0.175. The van der Waals surface area contributed by atoms with Gasteiger partial charge in [-0.1, -0.05) is 0 Å². The lowest BCUT2D eigenvalue weighted by Crippen LogP contribution is -2.46. The van der Waals surface area contributed by atoms with Gasteiger partial charge in [-0.15, -0.1) is 12.3 Å². The normalized spacial score (nSPS) is 12.2. The number of sulfone groups is 1. The molecule has 1 unspecified atom stereocenters. The Morgan fingerprint density at radius 2 is 2.05 bits per heavy atom. The van der Waals surface area contributed by atoms with E-state index < -0.39 is 27.9 Å². The lowest BCUT2D eigenvalue weighted by atomic mass is 10.2. The van der Waals surface area contributed by atoms with Crippen LogP contribution in [0.25, 0.3) is 0 Å². The standard InChI is InChI=1S/C11H18N2O5S/c1-3-4-5-7-12-11(16)13-9(10(14)15)6-8-19(2,17)18/h1,9H,4-8H2,2H3,(H,14,15)(H2,12,13,16). The van der Waals surface area contributed by atoms with Crippen LogP contribution in [0.1, 0.15) is 19.3 Å². The second-order valence-electron chi connectivity index (χ2n) is 4.02. The molecule has 0 saturated heterocycles. The Morgan fingerprint density at radius 1 is 1.42 bits per heavy atom. The molecule has 0 saturated carbocycles. The van der Waals surface area contributed by atoms with Crippen molar-refractivity contribution < 1.29 is 23.1 Å². The molecule has 19 heavy (non-hydrogen) atoms. The molecule has 0 aliphatic heterocycles. The van der Waals surface area contributed by atoms with Gasteiger partial charge in [-0.25, -0.2) is 18.0 Å². The molecule has 0 aromatic carbocycles. The van der Waals surface area contributed by atoms with Crippen LogP contribution in [-0.2, 0) is 14.6 Å². The number of amides is 2. The van der Waals surface area contributed by atoms with Crippen molar-refractivity contribution in [3.05, 3.63) is 0 Å². The zero-order chi connectivity index (χ0) is 14.9. The van der Waals surface area contributed by atoms with Crippen LogP contribution in [0.15, 0.2) is 0 Å². The molecule has 0 bridgehead atoms. The first-order chi connectivity index (χ1) is 8.76. The van der Waals surface area contributed by atoms with Gasteiger partial charge in [-0.2, -0.15) is 0 Å². The number of unbranched alkanes of at least 4 members (excludes halogenated alkanes) is 1. The summed E-state index contributed by atoms with van der Waals surface area (Å²) < 4.78 is 21.9. The number of aliphatic carboxylic acids is 1. The Balaban J connectivity index is 4.17. The summed E-state index contributed by atoms with van der Waals surface area (Å²) in [4.78, 5) is 22.2. The molecular formula is C11H18N2O5S. The topological polar surface area (TPSA) is 113 Å². The number of carboxylic acid groups (broad SMARTS) is 1. The van der Waals surface area contributed by atoms with E-state index in [1.165, 1.54) is 0 Å². The number of terminal acetylenes is 1. The molecular weight excluding hydrogens is 272 g/mol. The maximum Gasteiger partial charge on any atom is 0.326 e. The summed E-state index contributed by atoms with van der Waals surface area (Å²) in [5.74, 6) is 0.825. The fraction of sp³-hybridized carbons (Fsp3) is 0.636. The number of carbonyl (C=O) groups is 2. The second-order valence-corrected chi connectivity index (χ2v) is 6.28. The van der Waals surface area contributed by atoms with E-state index in [0.29, 0.717) is 19.4 Å². The number of urea groups is 1. The van der Waals surface area contributed by atoms with Crippen molar-refractivity contribution in [3.63, 3.8) is 0 Å². The number of hydrogen-bond acceptors (Lipinski definition) is 4. The third-order valence-corrected chi connectivity index (χ3v) is 3.14. The molecule has 0 aromatic rings. The smallest absolute Gasteiger partial charge is 0.326 e. The minimum atomic E-state index is -3.27. The Morgan fingerprint density at radius 3 is 2.53 bits per heavy atom. The van der Waals surface area contributed by atoms with Gasteiger partial charge in [0.25, 0.3) is 0 Å². The predicted molar refractivity (Wildman–Crippen MR) is 70.4 cm³/mol. The summed E-state index contributed by atoms with van der Waals surface area (Å²) in [6, 6.07) is -1.89. The quantitative estimate of drug-likeness (QED) is 0.415. The van der Waals surface area contributed by atoms with Crippen molar-refractivity contribution in [1.82, 2.24) is 10.6 Å². The average Bonchev–Trinajstić information content (AvgIpc) is 2.28. The monoisotopic (exact) mass is 290 g/mol. The fourth-order valence-corrected chi connectivity index (χ4v) is 1.85. The van der Waals surface area contributed by atoms with Crippen LogP contribution >= 0.6 is 0 Å². The number of nitrogens with one attached hydrogen (secondary N) is 2. The Hall–Kier alpha value is -1.75. The summed E-state index contributed by atoms with van der Waals surface area (Å²) in [6.45, 7) is 0.328. The van der Waals surface area contributed by atoms with Gasteiger partial charge >= 0.3 is 12.0 Å². The lowest BCUT2D eigenvalue weighted by molar-refractivity contribution is -0.139. The van der Waals surface area contributed by atoms with Crippen LogP contribution in [0.5, 0.6) is 0 Å². The Kier molecular flexibility index (Phi) is 7.60. The number of hydrogen-bond donors (Lipinski definition) is 3. The molecule has 8 heteroatoms. The zero-order valence-electron chi connectivity index (χ0n) is 10.7. The van der Waals surface area contributed by atoms with Gasteiger partial charge in [0.2, 0.25) is 0 Å². The van der Waals surface area contributed by atoms with Crippen LogP contribution in [-0.4, -0.2) is 50.1 Å². The van der Waals surface area contributed by atoms with E-state index >= 15 is 0 Å².